The fourth-order valence-corrected chi connectivity index (χ4v) is 3.59. The Bertz CT molecular complexity index is 627. The predicted molar refractivity (Wildman–Crippen MR) is 115 cm³/mol. The molecule has 0 aliphatic heterocycles. The van der Waals surface area contributed by atoms with Crippen molar-refractivity contribution < 1.29 is 0 Å². The standard InChI is InChI=1S/C13H13P.C6H6S.C3H6/c1-14(12-8-4-2-5-9-12)13-10-6-3-7-11-13;7-6-4-2-1-3-5-6;1-3-2/h2-11H,1H3;1-5,7H;3H,1H2,2H3. The van der Waals surface area contributed by atoms with E-state index in [-0.39, 0.29) is 7.92 Å². The van der Waals surface area contributed by atoms with Crippen molar-refractivity contribution in [2.45, 2.75) is 11.8 Å². The molecule has 0 atom stereocenters. The van der Waals surface area contributed by atoms with E-state index in [0.29, 0.717) is 0 Å². The molecule has 0 amide bonds. The molecule has 0 radical (unpaired) electrons. The molecule has 0 nitrogen and oxygen atoms in total. The van der Waals surface area contributed by atoms with Gasteiger partial charge in [-0.2, -0.15) is 0 Å². The molecule has 0 aromatic heterocycles. The van der Waals surface area contributed by atoms with Gasteiger partial charge in [-0.25, -0.2) is 0 Å². The lowest BCUT2D eigenvalue weighted by Gasteiger charge is -2.12. The van der Waals surface area contributed by atoms with Gasteiger partial charge in [0.05, 0.1) is 0 Å². The van der Waals surface area contributed by atoms with Crippen LogP contribution in [0.3, 0.4) is 0 Å². The van der Waals surface area contributed by atoms with Gasteiger partial charge in [0.2, 0.25) is 0 Å². The van der Waals surface area contributed by atoms with Crippen LogP contribution in [0.25, 0.3) is 0 Å². The first-order chi connectivity index (χ1) is 11.7. The van der Waals surface area contributed by atoms with E-state index >= 15 is 0 Å². The van der Waals surface area contributed by atoms with Crippen molar-refractivity contribution in [3.8, 4) is 0 Å². The second kappa shape index (κ2) is 12.6. The third kappa shape index (κ3) is 8.15. The first-order valence-electron chi connectivity index (χ1n) is 7.84. The summed E-state index contributed by atoms with van der Waals surface area (Å²) in [6.45, 7) is 7.56. The van der Waals surface area contributed by atoms with Gasteiger partial charge in [-0.15, -0.1) is 19.2 Å². The summed E-state index contributed by atoms with van der Waals surface area (Å²) < 4.78 is 0. The summed E-state index contributed by atoms with van der Waals surface area (Å²) in [6.07, 6.45) is 1.75. The van der Waals surface area contributed by atoms with Gasteiger partial charge in [-0.05, 0) is 44.3 Å². The third-order valence-electron chi connectivity index (χ3n) is 3.04. The van der Waals surface area contributed by atoms with E-state index in [4.69, 9.17) is 0 Å². The summed E-state index contributed by atoms with van der Waals surface area (Å²) in [4.78, 5) is 1.02. The summed E-state index contributed by atoms with van der Waals surface area (Å²) >= 11 is 4.08. The number of thiol groups is 1. The predicted octanol–water partition coefficient (Wildman–Crippen LogP) is 5.92. The van der Waals surface area contributed by atoms with Gasteiger partial charge in [0.15, 0.2) is 0 Å². The highest BCUT2D eigenvalue weighted by molar-refractivity contribution is 7.80. The molecule has 0 aliphatic rings. The van der Waals surface area contributed by atoms with Crippen LogP contribution in [-0.4, -0.2) is 6.66 Å². The van der Waals surface area contributed by atoms with Crippen LogP contribution < -0.4 is 10.6 Å². The monoisotopic (exact) mass is 352 g/mol. The molecule has 3 aromatic carbocycles. The van der Waals surface area contributed by atoms with Crippen LogP contribution in [0.1, 0.15) is 6.92 Å². The lowest BCUT2D eigenvalue weighted by atomic mass is 10.4. The minimum Gasteiger partial charge on any atom is -0.143 e. The van der Waals surface area contributed by atoms with E-state index in [1.165, 1.54) is 10.6 Å². The summed E-state index contributed by atoms with van der Waals surface area (Å²) in [6, 6.07) is 31.2. The number of allylic oxidation sites excluding steroid dienone is 1. The van der Waals surface area contributed by atoms with Gasteiger partial charge in [0, 0.05) is 4.90 Å². The maximum Gasteiger partial charge on any atom is 0.00399 e. The molecule has 3 rings (SSSR count). The van der Waals surface area contributed by atoms with Crippen LogP contribution in [0.5, 0.6) is 0 Å². The van der Waals surface area contributed by atoms with Crippen molar-refractivity contribution in [3.05, 3.63) is 104 Å². The summed E-state index contributed by atoms with van der Waals surface area (Å²) in [5.41, 5.74) is 0. The fourth-order valence-electron chi connectivity index (χ4n) is 1.88. The number of benzene rings is 3. The fraction of sp³-hybridized carbons (Fsp3) is 0.0909. The van der Waals surface area contributed by atoms with Gasteiger partial charge >= 0.3 is 0 Å². The lowest BCUT2D eigenvalue weighted by molar-refractivity contribution is 1.48. The zero-order valence-corrected chi connectivity index (χ0v) is 16.1. The molecule has 0 bridgehead atoms. The second-order valence-electron chi connectivity index (χ2n) is 4.97. The molecule has 0 saturated heterocycles. The van der Waals surface area contributed by atoms with Crippen molar-refractivity contribution in [2.24, 2.45) is 0 Å². The van der Waals surface area contributed by atoms with E-state index in [1.807, 2.05) is 37.3 Å². The number of hydrogen-bond donors (Lipinski definition) is 1. The Labute approximate surface area is 153 Å². The van der Waals surface area contributed by atoms with E-state index in [0.717, 1.165) is 4.90 Å². The van der Waals surface area contributed by atoms with E-state index in [1.54, 1.807) is 6.08 Å². The summed E-state index contributed by atoms with van der Waals surface area (Å²) in [5, 5.41) is 2.88. The average molecular weight is 352 g/mol. The van der Waals surface area contributed by atoms with Crippen LogP contribution in [-0.2, 0) is 0 Å². The largest absolute Gasteiger partial charge is 0.143 e. The molecule has 0 fully saturated rings. The molecule has 0 saturated carbocycles. The van der Waals surface area contributed by atoms with Gasteiger partial charge in [-0.3, -0.25) is 0 Å². The molecule has 2 heteroatoms. The molecular weight excluding hydrogens is 327 g/mol. The number of rotatable bonds is 2. The van der Waals surface area contributed by atoms with Crippen LogP contribution in [0, 0.1) is 0 Å². The van der Waals surface area contributed by atoms with Crippen molar-refractivity contribution in [1.29, 1.82) is 0 Å². The quantitative estimate of drug-likeness (QED) is 0.330. The normalized spacial score (nSPS) is 9.17. The Kier molecular flexibility index (Phi) is 10.6. The Morgan fingerprint density at radius 3 is 1.25 bits per heavy atom. The van der Waals surface area contributed by atoms with Crippen LogP contribution in [0.4, 0.5) is 0 Å². The maximum atomic E-state index is 4.08. The Hall–Kier alpha value is -1.82. The minimum absolute atomic E-state index is 0.171. The van der Waals surface area contributed by atoms with Crippen molar-refractivity contribution in [1.82, 2.24) is 0 Å². The topological polar surface area (TPSA) is 0 Å². The maximum absolute atomic E-state index is 4.08. The molecule has 0 heterocycles. The zero-order chi connectivity index (χ0) is 17.6. The smallest absolute Gasteiger partial charge is 0.00399 e. The van der Waals surface area contributed by atoms with Gasteiger partial charge in [-0.1, -0.05) is 84.9 Å². The summed E-state index contributed by atoms with van der Waals surface area (Å²) in [5.74, 6) is 0. The lowest BCUT2D eigenvalue weighted by Crippen LogP contribution is -2.09. The Morgan fingerprint density at radius 1 is 0.708 bits per heavy atom. The SMILES string of the molecule is C=CC.CP(c1ccccc1)c1ccccc1.Sc1ccccc1. The molecule has 0 unspecified atom stereocenters. The third-order valence-corrected chi connectivity index (χ3v) is 5.49. The molecular formula is C22H25PS. The van der Waals surface area contributed by atoms with Gasteiger partial charge in [0.25, 0.3) is 0 Å². The average Bonchev–Trinajstić information content (AvgIpc) is 2.64. The first-order valence-corrected chi connectivity index (χ1v) is 10.1. The van der Waals surface area contributed by atoms with Crippen LogP contribution in [0.15, 0.2) is 109 Å². The van der Waals surface area contributed by atoms with Gasteiger partial charge in [0.1, 0.15) is 0 Å². The van der Waals surface area contributed by atoms with Crippen LogP contribution in [0.2, 0.25) is 0 Å². The minimum atomic E-state index is -0.171. The molecule has 0 N–H and O–H groups in total. The molecule has 124 valence electrons. The Morgan fingerprint density at radius 2 is 1.00 bits per heavy atom. The summed E-state index contributed by atoms with van der Waals surface area (Å²) in [7, 11) is -0.171. The molecule has 0 spiro atoms. The molecule has 3 aromatic rings. The second-order valence-corrected chi connectivity index (χ2v) is 7.64. The number of hydrogen-bond acceptors (Lipinski definition) is 1. The van der Waals surface area contributed by atoms with Crippen molar-refractivity contribution >= 4 is 31.2 Å². The zero-order valence-electron chi connectivity index (χ0n) is 14.3. The van der Waals surface area contributed by atoms with Crippen molar-refractivity contribution in [3.63, 3.8) is 0 Å². The van der Waals surface area contributed by atoms with E-state index < -0.39 is 0 Å². The highest BCUT2D eigenvalue weighted by Crippen LogP contribution is 2.27. The van der Waals surface area contributed by atoms with Gasteiger partial charge < -0.3 is 0 Å². The van der Waals surface area contributed by atoms with E-state index in [2.05, 4.69) is 86.5 Å². The van der Waals surface area contributed by atoms with Crippen LogP contribution >= 0.6 is 20.6 Å². The first kappa shape index (κ1) is 20.2. The highest BCUT2D eigenvalue weighted by Gasteiger charge is 2.05. The molecule has 0 aliphatic carbocycles. The van der Waals surface area contributed by atoms with E-state index in [9.17, 15) is 0 Å². The Balaban J connectivity index is 0.000000241. The van der Waals surface area contributed by atoms with Crippen molar-refractivity contribution in [2.75, 3.05) is 6.66 Å². The highest BCUT2D eigenvalue weighted by atomic mass is 32.1. The molecule has 24 heavy (non-hydrogen) atoms.